The second-order valence-corrected chi connectivity index (χ2v) is 5.84. The lowest BCUT2D eigenvalue weighted by Gasteiger charge is -2.07. The molecule has 0 spiro atoms. The molecule has 2 N–H and O–H groups in total. The largest absolute Gasteiger partial charge is 0.344 e. The van der Waals surface area contributed by atoms with E-state index in [-0.39, 0.29) is 6.54 Å². The molecule has 0 aliphatic rings. The van der Waals surface area contributed by atoms with E-state index >= 15 is 0 Å². The van der Waals surface area contributed by atoms with Crippen LogP contribution in [0, 0.1) is 6.92 Å². The van der Waals surface area contributed by atoms with Gasteiger partial charge in [0.2, 0.25) is 0 Å². The van der Waals surface area contributed by atoms with Crippen LogP contribution in [0.5, 0.6) is 0 Å². The van der Waals surface area contributed by atoms with Crippen LogP contribution in [0.2, 0.25) is 0 Å². The van der Waals surface area contributed by atoms with Gasteiger partial charge in [-0.15, -0.1) is 0 Å². The minimum Gasteiger partial charge on any atom is -0.344 e. The lowest BCUT2D eigenvalue weighted by atomic mass is 10.2. The maximum atomic E-state index is 12.0. The molecule has 26 heavy (non-hydrogen) atoms. The summed E-state index contributed by atoms with van der Waals surface area (Å²) in [5, 5.41) is 13.4. The van der Waals surface area contributed by atoms with E-state index in [0.29, 0.717) is 12.2 Å². The molecule has 2 aromatic heterocycles. The highest BCUT2D eigenvalue weighted by Crippen LogP contribution is 2.10. The van der Waals surface area contributed by atoms with Crippen LogP contribution < -0.4 is 10.6 Å². The minimum atomic E-state index is -0.712. The Kier molecular flexibility index (Phi) is 5.07. The number of nitrogens with zero attached hydrogens (tertiary/aromatic N) is 5. The molecule has 2 amide bonds. The molecule has 1 aromatic carbocycles. The third kappa shape index (κ3) is 4.32. The van der Waals surface area contributed by atoms with Crippen molar-refractivity contribution in [2.45, 2.75) is 20.0 Å². The molecule has 0 fully saturated rings. The zero-order valence-corrected chi connectivity index (χ0v) is 14.5. The number of nitrogens with one attached hydrogen (secondary N) is 2. The Balaban J connectivity index is 1.52. The molecular weight excluding hydrogens is 334 g/mol. The zero-order chi connectivity index (χ0) is 18.5. The van der Waals surface area contributed by atoms with Gasteiger partial charge in [-0.2, -0.15) is 10.2 Å². The van der Waals surface area contributed by atoms with Crippen LogP contribution in [-0.2, 0) is 29.7 Å². The molecular formula is C17H19N7O2. The minimum absolute atomic E-state index is 0.253. The van der Waals surface area contributed by atoms with Crippen molar-refractivity contribution >= 4 is 17.5 Å². The fourth-order valence-corrected chi connectivity index (χ4v) is 2.46. The fraction of sp³-hybridized carbons (Fsp3) is 0.235. The second-order valence-electron chi connectivity index (χ2n) is 5.84. The van der Waals surface area contributed by atoms with Crippen LogP contribution in [0.15, 0.2) is 43.1 Å². The van der Waals surface area contributed by atoms with Crippen LogP contribution >= 0.6 is 0 Å². The number of amides is 2. The third-order valence-corrected chi connectivity index (χ3v) is 3.78. The highest BCUT2D eigenvalue weighted by Gasteiger charge is 2.14. The Labute approximate surface area is 150 Å². The van der Waals surface area contributed by atoms with Gasteiger partial charge in [-0.25, -0.2) is 9.67 Å². The van der Waals surface area contributed by atoms with Crippen LogP contribution in [-0.4, -0.2) is 36.4 Å². The molecule has 0 bridgehead atoms. The maximum Gasteiger partial charge on any atom is 0.313 e. The molecule has 0 aliphatic heterocycles. The molecule has 9 nitrogen and oxygen atoms in total. The van der Waals surface area contributed by atoms with Gasteiger partial charge in [-0.3, -0.25) is 14.3 Å². The Morgan fingerprint density at radius 1 is 1.15 bits per heavy atom. The molecule has 2 heterocycles. The Morgan fingerprint density at radius 3 is 2.54 bits per heavy atom. The van der Waals surface area contributed by atoms with Gasteiger partial charge >= 0.3 is 11.8 Å². The van der Waals surface area contributed by atoms with Gasteiger partial charge in [-0.1, -0.05) is 12.1 Å². The lowest BCUT2D eigenvalue weighted by molar-refractivity contribution is -0.136. The Morgan fingerprint density at radius 2 is 1.92 bits per heavy atom. The van der Waals surface area contributed by atoms with Crippen LogP contribution in [0.3, 0.4) is 0 Å². The van der Waals surface area contributed by atoms with Crippen molar-refractivity contribution in [1.82, 2.24) is 29.9 Å². The molecule has 9 heteroatoms. The SMILES string of the molecule is Cc1nn(C)cc1CNC(=O)C(=O)Nc1ccc(Cn2cncn2)cc1. The van der Waals surface area contributed by atoms with Crippen molar-refractivity contribution in [3.05, 3.63) is 59.9 Å². The molecule has 134 valence electrons. The third-order valence-electron chi connectivity index (χ3n) is 3.78. The summed E-state index contributed by atoms with van der Waals surface area (Å²) in [6.07, 6.45) is 4.91. The molecule has 3 aromatic rings. The number of carbonyl (C=O) groups is 2. The number of hydrogen-bond donors (Lipinski definition) is 2. The van der Waals surface area contributed by atoms with Crippen LogP contribution in [0.4, 0.5) is 5.69 Å². The van der Waals surface area contributed by atoms with Gasteiger partial charge in [0.1, 0.15) is 12.7 Å². The summed E-state index contributed by atoms with van der Waals surface area (Å²) in [5.74, 6) is -1.41. The van der Waals surface area contributed by atoms with Gasteiger partial charge in [0.05, 0.1) is 12.2 Å². The number of aromatic nitrogens is 5. The number of aryl methyl sites for hydroxylation is 2. The fourth-order valence-electron chi connectivity index (χ4n) is 2.46. The summed E-state index contributed by atoms with van der Waals surface area (Å²) >= 11 is 0. The first-order valence-electron chi connectivity index (χ1n) is 8.01. The first-order valence-corrected chi connectivity index (χ1v) is 8.01. The van der Waals surface area contributed by atoms with E-state index < -0.39 is 11.8 Å². The number of hydrogen-bond acceptors (Lipinski definition) is 5. The molecule has 0 unspecified atom stereocenters. The average Bonchev–Trinajstić information content (AvgIpc) is 3.23. The molecule has 0 saturated heterocycles. The highest BCUT2D eigenvalue weighted by molar-refractivity contribution is 6.39. The number of rotatable bonds is 5. The quantitative estimate of drug-likeness (QED) is 0.654. The average molecular weight is 353 g/mol. The summed E-state index contributed by atoms with van der Waals surface area (Å²) in [4.78, 5) is 27.8. The van der Waals surface area contributed by atoms with Crippen LogP contribution in [0.1, 0.15) is 16.8 Å². The Bertz CT molecular complexity index is 898. The first-order chi connectivity index (χ1) is 12.5. The van der Waals surface area contributed by atoms with Crippen molar-refractivity contribution in [1.29, 1.82) is 0 Å². The van der Waals surface area contributed by atoms with E-state index in [2.05, 4.69) is 25.8 Å². The van der Waals surface area contributed by atoms with Gasteiger partial charge in [-0.05, 0) is 24.6 Å². The molecule has 0 atom stereocenters. The number of anilines is 1. The van der Waals surface area contributed by atoms with Gasteiger partial charge in [0.15, 0.2) is 0 Å². The van der Waals surface area contributed by atoms with E-state index in [0.717, 1.165) is 16.8 Å². The Hall–Kier alpha value is -3.49. The van der Waals surface area contributed by atoms with Crippen molar-refractivity contribution < 1.29 is 9.59 Å². The van der Waals surface area contributed by atoms with Gasteiger partial charge in [0, 0.05) is 31.0 Å². The van der Waals surface area contributed by atoms with Crippen molar-refractivity contribution in [3.63, 3.8) is 0 Å². The summed E-state index contributed by atoms with van der Waals surface area (Å²) in [6.45, 7) is 2.68. The van der Waals surface area contributed by atoms with E-state index in [1.165, 1.54) is 6.33 Å². The molecule has 0 radical (unpaired) electrons. The molecule has 3 rings (SSSR count). The molecule has 0 saturated carbocycles. The van der Waals surface area contributed by atoms with E-state index in [1.807, 2.05) is 19.1 Å². The maximum absolute atomic E-state index is 12.0. The summed E-state index contributed by atoms with van der Waals surface area (Å²) < 4.78 is 3.36. The van der Waals surface area contributed by atoms with E-state index in [4.69, 9.17) is 0 Å². The van der Waals surface area contributed by atoms with Crippen molar-refractivity contribution in [2.75, 3.05) is 5.32 Å². The standard InChI is InChI=1S/C17H19N7O2/c1-12-14(9-23(2)22-12)7-19-16(25)17(26)21-15-5-3-13(4-6-15)8-24-11-18-10-20-24/h3-6,9-11H,7-8H2,1-2H3,(H,19,25)(H,21,26). The smallest absolute Gasteiger partial charge is 0.313 e. The predicted molar refractivity (Wildman–Crippen MR) is 94.0 cm³/mol. The highest BCUT2D eigenvalue weighted by atomic mass is 16.2. The monoisotopic (exact) mass is 353 g/mol. The predicted octanol–water partition coefficient (Wildman–Crippen LogP) is 0.623. The van der Waals surface area contributed by atoms with E-state index in [1.54, 1.807) is 41.1 Å². The van der Waals surface area contributed by atoms with Gasteiger partial charge in [0.25, 0.3) is 0 Å². The van der Waals surface area contributed by atoms with Crippen LogP contribution in [0.25, 0.3) is 0 Å². The normalized spacial score (nSPS) is 10.5. The van der Waals surface area contributed by atoms with Crippen molar-refractivity contribution in [2.24, 2.45) is 7.05 Å². The summed E-state index contributed by atoms with van der Waals surface area (Å²) in [7, 11) is 1.80. The van der Waals surface area contributed by atoms with Gasteiger partial charge < -0.3 is 10.6 Å². The summed E-state index contributed by atoms with van der Waals surface area (Å²) in [5.41, 5.74) is 3.23. The zero-order valence-electron chi connectivity index (χ0n) is 14.5. The topological polar surface area (TPSA) is 107 Å². The number of benzene rings is 1. The lowest BCUT2D eigenvalue weighted by Crippen LogP contribution is -2.35. The molecule has 0 aliphatic carbocycles. The summed E-state index contributed by atoms with van der Waals surface area (Å²) in [6, 6.07) is 7.19. The first kappa shape index (κ1) is 17.3. The second kappa shape index (κ2) is 7.60. The van der Waals surface area contributed by atoms with Crippen molar-refractivity contribution in [3.8, 4) is 0 Å². The van der Waals surface area contributed by atoms with E-state index in [9.17, 15) is 9.59 Å². The number of carbonyl (C=O) groups excluding carboxylic acids is 2.